The molecule has 3 amide bonds. The average Bonchev–Trinajstić information content (AvgIpc) is 3.05. The topological polar surface area (TPSA) is 74.8 Å². The zero-order chi connectivity index (χ0) is 23.0. The highest BCUT2D eigenvalue weighted by Crippen LogP contribution is 2.29. The van der Waals surface area contributed by atoms with Crippen LogP contribution in [0, 0.1) is 0 Å². The van der Waals surface area contributed by atoms with Crippen molar-refractivity contribution in [3.63, 3.8) is 0 Å². The largest absolute Gasteiger partial charge is 0.292 e. The normalized spacial score (nSPS) is 13.7. The van der Waals surface area contributed by atoms with Crippen LogP contribution in [0.4, 0.5) is 0 Å². The van der Waals surface area contributed by atoms with Gasteiger partial charge in [-0.2, -0.15) is 5.01 Å². The molecule has 4 rings (SSSR count). The van der Waals surface area contributed by atoms with Gasteiger partial charge in [-0.1, -0.05) is 47.5 Å². The zero-order valence-corrected chi connectivity index (χ0v) is 18.3. The molecule has 32 heavy (non-hydrogen) atoms. The van der Waals surface area contributed by atoms with Gasteiger partial charge in [0.15, 0.2) is 5.78 Å². The standard InChI is InChI=1S/C24H16Cl2N2O4/c1-14(21(29)15-10-12-16(25)13-11-15)27(24(32)19-8-4-5-9-20(19)26)28-22(30)17-6-2-3-7-18(17)23(28)31/h2-14H,1H3/t14-/m0/s1. The first-order chi connectivity index (χ1) is 15.3. The van der Waals surface area contributed by atoms with E-state index in [0.717, 1.165) is 10.0 Å². The molecule has 6 nitrogen and oxygen atoms in total. The van der Waals surface area contributed by atoms with E-state index in [2.05, 4.69) is 0 Å². The molecule has 1 atom stereocenters. The molecule has 0 aromatic heterocycles. The molecule has 3 aromatic rings. The van der Waals surface area contributed by atoms with Gasteiger partial charge in [0, 0.05) is 10.6 Å². The van der Waals surface area contributed by atoms with E-state index in [0.29, 0.717) is 5.02 Å². The highest BCUT2D eigenvalue weighted by molar-refractivity contribution is 6.34. The Balaban J connectivity index is 1.81. The van der Waals surface area contributed by atoms with E-state index >= 15 is 0 Å². The summed E-state index contributed by atoms with van der Waals surface area (Å²) >= 11 is 12.1. The lowest BCUT2D eigenvalue weighted by Gasteiger charge is -2.34. The van der Waals surface area contributed by atoms with Crippen molar-refractivity contribution >= 4 is 46.7 Å². The Labute approximate surface area is 193 Å². The molecule has 8 heteroatoms. The summed E-state index contributed by atoms with van der Waals surface area (Å²) in [5.41, 5.74) is 0.637. The summed E-state index contributed by atoms with van der Waals surface area (Å²) in [6, 6.07) is 17.4. The Hall–Kier alpha value is -3.48. The predicted molar refractivity (Wildman–Crippen MR) is 120 cm³/mol. The summed E-state index contributed by atoms with van der Waals surface area (Å²) in [6.07, 6.45) is 0. The molecule has 0 saturated heterocycles. The van der Waals surface area contributed by atoms with Crippen molar-refractivity contribution in [2.24, 2.45) is 0 Å². The van der Waals surface area contributed by atoms with Crippen LogP contribution in [0.5, 0.6) is 0 Å². The number of imide groups is 1. The van der Waals surface area contributed by atoms with Gasteiger partial charge in [0.25, 0.3) is 17.7 Å². The molecule has 0 fully saturated rings. The van der Waals surface area contributed by atoms with E-state index in [1.165, 1.54) is 43.3 Å². The second kappa shape index (κ2) is 8.57. The minimum absolute atomic E-state index is 0.0569. The van der Waals surface area contributed by atoms with Gasteiger partial charge in [-0.3, -0.25) is 19.2 Å². The first-order valence-electron chi connectivity index (χ1n) is 9.67. The van der Waals surface area contributed by atoms with E-state index in [1.54, 1.807) is 36.4 Å². The molecule has 1 aliphatic heterocycles. The van der Waals surface area contributed by atoms with Gasteiger partial charge in [-0.25, -0.2) is 5.01 Å². The van der Waals surface area contributed by atoms with Crippen LogP contribution in [0.25, 0.3) is 0 Å². The van der Waals surface area contributed by atoms with Crippen molar-refractivity contribution < 1.29 is 19.2 Å². The van der Waals surface area contributed by atoms with Gasteiger partial charge in [-0.15, -0.1) is 0 Å². The van der Waals surface area contributed by atoms with Crippen LogP contribution < -0.4 is 0 Å². The number of carbonyl (C=O) groups is 4. The molecule has 0 N–H and O–H groups in total. The Morgan fingerprint density at radius 3 is 1.91 bits per heavy atom. The summed E-state index contributed by atoms with van der Waals surface area (Å²) in [4.78, 5) is 53.0. The second-order valence-corrected chi connectivity index (χ2v) is 7.99. The third-order valence-corrected chi connectivity index (χ3v) is 5.76. The van der Waals surface area contributed by atoms with Crippen molar-refractivity contribution in [3.8, 4) is 0 Å². The third kappa shape index (κ3) is 3.68. The lowest BCUT2D eigenvalue weighted by molar-refractivity contribution is -0.00680. The fraction of sp³-hybridized carbons (Fsp3) is 0.0833. The maximum absolute atomic E-state index is 13.5. The number of halogens is 2. The highest BCUT2D eigenvalue weighted by Gasteiger charge is 2.45. The zero-order valence-electron chi connectivity index (χ0n) is 16.8. The Morgan fingerprint density at radius 2 is 1.34 bits per heavy atom. The van der Waals surface area contributed by atoms with Gasteiger partial charge in [0.1, 0.15) is 6.04 Å². The maximum atomic E-state index is 13.5. The minimum atomic E-state index is -1.19. The van der Waals surface area contributed by atoms with Crippen LogP contribution in [0.15, 0.2) is 72.8 Å². The number of fused-ring (bicyclic) bond motifs is 1. The smallest absolute Gasteiger partial charge is 0.280 e. The number of nitrogens with zero attached hydrogens (tertiary/aromatic N) is 2. The van der Waals surface area contributed by atoms with Crippen molar-refractivity contribution in [1.29, 1.82) is 0 Å². The molecule has 0 spiro atoms. The fourth-order valence-corrected chi connectivity index (χ4v) is 3.88. The second-order valence-electron chi connectivity index (χ2n) is 7.14. The molecule has 0 radical (unpaired) electrons. The average molecular weight is 467 g/mol. The van der Waals surface area contributed by atoms with Crippen LogP contribution in [-0.2, 0) is 0 Å². The Bertz CT molecular complexity index is 1220. The molecule has 0 unspecified atom stereocenters. The molecule has 160 valence electrons. The van der Waals surface area contributed by atoms with E-state index < -0.39 is 29.5 Å². The number of hydrogen-bond acceptors (Lipinski definition) is 4. The molecule has 0 aliphatic carbocycles. The highest BCUT2D eigenvalue weighted by atomic mass is 35.5. The van der Waals surface area contributed by atoms with E-state index in [4.69, 9.17) is 23.2 Å². The van der Waals surface area contributed by atoms with Crippen molar-refractivity contribution in [2.75, 3.05) is 0 Å². The fourth-order valence-electron chi connectivity index (χ4n) is 3.54. The summed E-state index contributed by atoms with van der Waals surface area (Å²) in [7, 11) is 0. The van der Waals surface area contributed by atoms with Crippen LogP contribution in [0.1, 0.15) is 48.4 Å². The molecule has 0 bridgehead atoms. The number of ketones is 1. The van der Waals surface area contributed by atoms with Crippen LogP contribution in [0.2, 0.25) is 10.0 Å². The molecular weight excluding hydrogens is 451 g/mol. The molecular formula is C24H16Cl2N2O4. The first-order valence-corrected chi connectivity index (χ1v) is 10.4. The quantitative estimate of drug-likeness (QED) is 0.395. The number of benzene rings is 3. The predicted octanol–water partition coefficient (Wildman–Crippen LogP) is 4.92. The number of Topliss-reactive ketones (excluding diaryl/α,β-unsaturated/α-hetero) is 1. The van der Waals surface area contributed by atoms with E-state index in [9.17, 15) is 19.2 Å². The number of rotatable bonds is 5. The van der Waals surface area contributed by atoms with Crippen LogP contribution >= 0.6 is 23.2 Å². The SMILES string of the molecule is C[C@@H](C(=O)c1ccc(Cl)cc1)N(C(=O)c1ccccc1Cl)N1C(=O)c2ccccc2C1=O. The number of hydrogen-bond donors (Lipinski definition) is 0. The third-order valence-electron chi connectivity index (χ3n) is 5.18. The molecule has 1 aliphatic rings. The Kier molecular flexibility index (Phi) is 5.82. The van der Waals surface area contributed by atoms with Crippen molar-refractivity contribution in [3.05, 3.63) is 105 Å². The van der Waals surface area contributed by atoms with E-state index in [-0.39, 0.29) is 27.3 Å². The first kappa shape index (κ1) is 21.7. The number of hydrazine groups is 1. The van der Waals surface area contributed by atoms with Crippen LogP contribution in [0.3, 0.4) is 0 Å². The summed E-state index contributed by atoms with van der Waals surface area (Å²) < 4.78 is 0. The monoisotopic (exact) mass is 466 g/mol. The lowest BCUT2D eigenvalue weighted by atomic mass is 10.0. The van der Waals surface area contributed by atoms with Crippen molar-refractivity contribution in [1.82, 2.24) is 10.0 Å². The van der Waals surface area contributed by atoms with Gasteiger partial charge < -0.3 is 0 Å². The van der Waals surface area contributed by atoms with Gasteiger partial charge in [0.2, 0.25) is 0 Å². The molecule has 1 heterocycles. The van der Waals surface area contributed by atoms with Crippen LogP contribution in [-0.4, -0.2) is 39.6 Å². The number of amides is 3. The van der Waals surface area contributed by atoms with E-state index in [1.807, 2.05) is 0 Å². The van der Waals surface area contributed by atoms with Gasteiger partial charge >= 0.3 is 0 Å². The summed E-state index contributed by atoms with van der Waals surface area (Å²) in [6.45, 7) is 1.45. The number of carbonyl (C=O) groups excluding carboxylic acids is 4. The molecule has 3 aromatic carbocycles. The van der Waals surface area contributed by atoms with Crippen molar-refractivity contribution in [2.45, 2.75) is 13.0 Å². The summed E-state index contributed by atoms with van der Waals surface area (Å²) in [5, 5.41) is 2.17. The van der Waals surface area contributed by atoms with Gasteiger partial charge in [-0.05, 0) is 55.5 Å². The Morgan fingerprint density at radius 1 is 0.812 bits per heavy atom. The summed E-state index contributed by atoms with van der Waals surface area (Å²) in [5.74, 6) is -2.61. The minimum Gasteiger partial charge on any atom is -0.292 e. The van der Waals surface area contributed by atoms with Gasteiger partial charge in [0.05, 0.1) is 21.7 Å². The molecule has 0 saturated carbocycles. The lowest BCUT2D eigenvalue weighted by Crippen LogP contribution is -2.56. The maximum Gasteiger partial charge on any atom is 0.280 e.